The molecule has 0 aliphatic carbocycles. The number of fused-ring (bicyclic) bond motifs is 10. The van der Waals surface area contributed by atoms with Crippen molar-refractivity contribution >= 4 is 80.3 Å². The van der Waals surface area contributed by atoms with Crippen molar-refractivity contribution in [1.82, 2.24) is 0 Å². The Morgan fingerprint density at radius 2 is 0.839 bits per heavy atom. The average Bonchev–Trinajstić information content (AvgIpc) is 3.83. The summed E-state index contributed by atoms with van der Waals surface area (Å²) < 4.78 is 8.76. The highest BCUT2D eigenvalue weighted by Crippen LogP contribution is 2.45. The molecule has 4 heteroatoms. The van der Waals surface area contributed by atoms with Gasteiger partial charge in [0.1, 0.15) is 0 Å². The quantitative estimate of drug-likeness (QED) is 0.164. The topological polar surface area (TPSA) is 6.48 Å². The second kappa shape index (κ2) is 13.1. The minimum absolute atomic E-state index is 0.0419. The number of benzene rings is 9. The fourth-order valence-electron chi connectivity index (χ4n) is 11.1. The first-order valence-corrected chi connectivity index (χ1v) is 21.9. The van der Waals surface area contributed by atoms with E-state index < -0.39 is 0 Å². The monoisotopic (exact) mass is 789 g/mol. The van der Waals surface area contributed by atoms with Crippen LogP contribution in [-0.4, -0.2) is 13.4 Å². The van der Waals surface area contributed by atoms with Crippen molar-refractivity contribution in [3.63, 3.8) is 0 Å². The van der Waals surface area contributed by atoms with Crippen LogP contribution in [0.25, 0.3) is 44.5 Å². The summed E-state index contributed by atoms with van der Waals surface area (Å²) in [5.74, 6) is 0. The molecule has 62 heavy (non-hydrogen) atoms. The molecule has 13 rings (SSSR count). The van der Waals surface area contributed by atoms with Crippen molar-refractivity contribution in [2.45, 2.75) is 26.2 Å². The van der Waals surface area contributed by atoms with Gasteiger partial charge in [0, 0.05) is 34.1 Å². The fourth-order valence-corrected chi connectivity index (χ4v) is 11.1. The lowest BCUT2D eigenvalue weighted by molar-refractivity contribution is 0.590. The van der Waals surface area contributed by atoms with Crippen LogP contribution < -0.4 is 42.6 Å². The summed E-state index contributed by atoms with van der Waals surface area (Å²) in [7, 11) is 0. The van der Waals surface area contributed by atoms with Crippen LogP contribution in [-0.2, 0) is 5.41 Å². The molecule has 0 bridgehead atoms. The van der Waals surface area contributed by atoms with Gasteiger partial charge in [0.05, 0.1) is 1.37 Å². The molecule has 0 spiro atoms. The molecular formula is C58H42B2N2. The number of hydrogen-bond donors (Lipinski definition) is 0. The van der Waals surface area contributed by atoms with Gasteiger partial charge < -0.3 is 9.80 Å². The summed E-state index contributed by atoms with van der Waals surface area (Å²) in [6.07, 6.45) is 0. The maximum absolute atomic E-state index is 8.76. The van der Waals surface area contributed by atoms with Gasteiger partial charge in [0.2, 0.25) is 13.4 Å². The van der Waals surface area contributed by atoms with E-state index >= 15 is 0 Å². The number of rotatable bonds is 4. The van der Waals surface area contributed by atoms with Crippen molar-refractivity contribution < 1.29 is 1.37 Å². The van der Waals surface area contributed by atoms with E-state index in [1.807, 2.05) is 18.2 Å². The molecule has 0 N–H and O–H groups in total. The van der Waals surface area contributed by atoms with Crippen molar-refractivity contribution in [1.29, 1.82) is 0 Å². The Bertz CT molecular complexity index is 3360. The molecule has 0 aromatic heterocycles. The Balaban J connectivity index is 1.06. The first-order valence-electron chi connectivity index (χ1n) is 22.4. The van der Waals surface area contributed by atoms with Crippen molar-refractivity contribution in [3.05, 3.63) is 206 Å². The van der Waals surface area contributed by atoms with E-state index in [9.17, 15) is 0 Å². The van der Waals surface area contributed by atoms with E-state index in [1.165, 1.54) is 94.5 Å². The third kappa shape index (κ3) is 5.07. The fraction of sp³-hybridized carbons (Fsp3) is 0.0690. The molecule has 0 atom stereocenters. The van der Waals surface area contributed by atoms with Crippen LogP contribution in [0, 0.1) is 0 Å². The summed E-state index contributed by atoms with van der Waals surface area (Å²) in [5, 5.41) is 0. The maximum Gasteiger partial charge on any atom is 0.248 e. The number of anilines is 6. The lowest BCUT2D eigenvalue weighted by Gasteiger charge is -2.41. The predicted octanol–water partition coefficient (Wildman–Crippen LogP) is 10.9. The second-order valence-corrected chi connectivity index (χ2v) is 18.4. The highest BCUT2D eigenvalue weighted by Gasteiger charge is 2.47. The van der Waals surface area contributed by atoms with Gasteiger partial charge in [-0.3, -0.25) is 0 Å². The van der Waals surface area contributed by atoms with Crippen LogP contribution in [0.4, 0.5) is 34.1 Å². The Labute approximate surface area is 366 Å². The van der Waals surface area contributed by atoms with E-state index in [-0.39, 0.29) is 18.8 Å². The molecule has 9 aromatic rings. The molecule has 0 radical (unpaired) electrons. The average molecular weight is 790 g/mol. The van der Waals surface area contributed by atoms with Crippen LogP contribution in [0.2, 0.25) is 0 Å². The van der Waals surface area contributed by atoms with Crippen molar-refractivity contribution in [2.75, 3.05) is 9.80 Å². The van der Waals surface area contributed by atoms with Crippen molar-refractivity contribution in [3.8, 4) is 44.5 Å². The van der Waals surface area contributed by atoms with Crippen LogP contribution in [0.5, 0.6) is 0 Å². The zero-order valence-electron chi connectivity index (χ0n) is 36.0. The standard InChI is InChI=1S/C58H42B2N2/c1-58(2,3)41-29-25-38(26-30-41)40-28-32-49-47(34-40)45-22-14-24-53-57(45)60(49)51-36-54-50(35-55(51)62(53)43-19-11-6-12-20-43)59-48-31-27-39(37-15-7-4-8-16-37)33-46(48)44-21-13-23-52(56(44)59)61(54)42-17-9-5-10-18-42/h4-36H,1-3H3/i15D. The van der Waals surface area contributed by atoms with E-state index in [1.54, 1.807) is 0 Å². The first-order chi connectivity index (χ1) is 30.8. The Morgan fingerprint density at radius 3 is 1.34 bits per heavy atom. The SMILES string of the molecule is [2H]c1ccccc1-c1ccc2c(c1)-c1cccc3c1B2c1cc2c(cc1N3c1ccccc1)B1c3ccc(-c4ccc(C(C)(C)C)cc4)cc3-c3cccc(c31)N2c1ccccc1. The molecule has 4 aliphatic rings. The summed E-state index contributed by atoms with van der Waals surface area (Å²) in [6.45, 7) is 6.94. The molecule has 290 valence electrons. The molecule has 0 saturated heterocycles. The maximum atomic E-state index is 8.76. The predicted molar refractivity (Wildman–Crippen MR) is 266 cm³/mol. The number of para-hydroxylation sites is 2. The van der Waals surface area contributed by atoms with Gasteiger partial charge in [0.15, 0.2) is 0 Å². The molecule has 4 heterocycles. The minimum Gasteiger partial charge on any atom is -0.312 e. The van der Waals surface area contributed by atoms with Crippen LogP contribution >= 0.6 is 0 Å². The molecule has 9 aromatic carbocycles. The Hall–Kier alpha value is -7.29. The van der Waals surface area contributed by atoms with Gasteiger partial charge in [-0.05, 0) is 138 Å². The van der Waals surface area contributed by atoms with Gasteiger partial charge in [-0.2, -0.15) is 0 Å². The smallest absolute Gasteiger partial charge is 0.248 e. The second-order valence-electron chi connectivity index (χ2n) is 18.4. The van der Waals surface area contributed by atoms with E-state index in [4.69, 9.17) is 1.37 Å². The first kappa shape index (κ1) is 34.4. The zero-order valence-corrected chi connectivity index (χ0v) is 35.0. The van der Waals surface area contributed by atoms with Crippen LogP contribution in [0.15, 0.2) is 200 Å². The highest BCUT2D eigenvalue weighted by atomic mass is 15.2. The molecule has 0 fully saturated rings. The van der Waals surface area contributed by atoms with Gasteiger partial charge >= 0.3 is 0 Å². The number of nitrogens with zero attached hydrogens (tertiary/aromatic N) is 2. The molecule has 0 unspecified atom stereocenters. The van der Waals surface area contributed by atoms with Gasteiger partial charge in [-0.1, -0.05) is 171 Å². The number of hydrogen-bond acceptors (Lipinski definition) is 2. The summed E-state index contributed by atoms with van der Waals surface area (Å²) in [6, 6.07) is 72.5. The van der Waals surface area contributed by atoms with E-state index in [0.717, 1.165) is 22.5 Å². The molecule has 4 aliphatic heterocycles. The lowest BCUT2D eigenvalue weighted by atomic mass is 9.34. The molecule has 0 saturated carbocycles. The summed E-state index contributed by atoms with van der Waals surface area (Å²) >= 11 is 0. The van der Waals surface area contributed by atoms with E-state index in [0.29, 0.717) is 6.04 Å². The summed E-state index contributed by atoms with van der Waals surface area (Å²) in [5.41, 5.74) is 26.4. The molecule has 2 nitrogen and oxygen atoms in total. The molecule has 0 amide bonds. The third-order valence-corrected chi connectivity index (χ3v) is 13.9. The molecular weight excluding hydrogens is 746 g/mol. The Kier molecular flexibility index (Phi) is 7.28. The van der Waals surface area contributed by atoms with Crippen molar-refractivity contribution in [2.24, 2.45) is 0 Å². The summed E-state index contributed by atoms with van der Waals surface area (Å²) in [4.78, 5) is 5.05. The Morgan fingerprint density at radius 1 is 0.371 bits per heavy atom. The highest BCUT2D eigenvalue weighted by molar-refractivity contribution is 7.03. The van der Waals surface area contributed by atoms with Gasteiger partial charge in [0.25, 0.3) is 0 Å². The lowest BCUT2D eigenvalue weighted by Crippen LogP contribution is -2.58. The normalized spacial score (nSPS) is 13.8. The minimum atomic E-state index is 0.0419. The van der Waals surface area contributed by atoms with E-state index in [2.05, 4.69) is 206 Å². The van der Waals surface area contributed by atoms with Crippen LogP contribution in [0.1, 0.15) is 27.7 Å². The zero-order chi connectivity index (χ0) is 42.1. The van der Waals surface area contributed by atoms with Crippen LogP contribution in [0.3, 0.4) is 0 Å². The van der Waals surface area contributed by atoms with Gasteiger partial charge in [-0.25, -0.2) is 0 Å². The largest absolute Gasteiger partial charge is 0.312 e. The third-order valence-electron chi connectivity index (χ3n) is 13.9. The van der Waals surface area contributed by atoms with Gasteiger partial charge in [-0.15, -0.1) is 0 Å².